The molecule has 4 aliphatic rings. The fourth-order valence-corrected chi connectivity index (χ4v) is 7.74. The SMILES string of the molecule is C[C@]12CC[C@H]3[C@@H](CC=C4C[C@@H](OS(=O)(=O)[O-])CC[C@@]43COS(=O)(=O)[O-])[C@@H]1CCC2=O.[K+].[K+]. The zero-order valence-electron chi connectivity index (χ0n) is 18.7. The van der Waals surface area contributed by atoms with Crippen molar-refractivity contribution in [1.29, 1.82) is 0 Å². The van der Waals surface area contributed by atoms with E-state index >= 15 is 0 Å². The number of carbonyl (C=O) groups is 1. The van der Waals surface area contributed by atoms with E-state index in [1.54, 1.807) is 0 Å². The molecule has 0 amide bonds. The van der Waals surface area contributed by atoms with Crippen LogP contribution in [0.2, 0.25) is 0 Å². The van der Waals surface area contributed by atoms with Gasteiger partial charge in [0, 0.05) is 17.3 Å². The molecule has 0 spiro atoms. The molecule has 0 aromatic rings. The molecule has 9 nitrogen and oxygen atoms in total. The van der Waals surface area contributed by atoms with E-state index in [9.17, 15) is 30.7 Å². The van der Waals surface area contributed by atoms with Crippen LogP contribution in [0.3, 0.4) is 0 Å². The first kappa shape index (κ1) is 30.6. The van der Waals surface area contributed by atoms with Crippen LogP contribution in [-0.2, 0) is 34.0 Å². The third kappa shape index (κ3) is 6.10. The minimum absolute atomic E-state index is 0. The van der Waals surface area contributed by atoms with Gasteiger partial charge in [-0.05, 0) is 62.7 Å². The molecule has 0 radical (unpaired) electrons. The summed E-state index contributed by atoms with van der Waals surface area (Å²) in [5.41, 5.74) is -0.309. The number of fused-ring (bicyclic) bond motifs is 5. The van der Waals surface area contributed by atoms with Crippen molar-refractivity contribution in [3.63, 3.8) is 0 Å². The minimum Gasteiger partial charge on any atom is -0.726 e. The molecule has 32 heavy (non-hydrogen) atoms. The Morgan fingerprint density at radius 3 is 2.34 bits per heavy atom. The predicted octanol–water partition coefficient (Wildman–Crippen LogP) is -4.17. The van der Waals surface area contributed by atoms with E-state index in [2.05, 4.69) is 4.18 Å². The van der Waals surface area contributed by atoms with Gasteiger partial charge in [0.05, 0.1) is 12.7 Å². The van der Waals surface area contributed by atoms with E-state index < -0.39 is 32.3 Å². The second-order valence-corrected chi connectivity index (χ2v) is 11.5. The molecule has 170 valence electrons. The van der Waals surface area contributed by atoms with Gasteiger partial charge in [-0.2, -0.15) is 0 Å². The van der Waals surface area contributed by atoms with Crippen LogP contribution in [0.5, 0.6) is 0 Å². The Labute approximate surface area is 275 Å². The topological polar surface area (TPSA) is 150 Å². The number of ketones is 1. The molecule has 3 saturated carbocycles. The van der Waals surface area contributed by atoms with E-state index in [0.29, 0.717) is 32.1 Å². The summed E-state index contributed by atoms with van der Waals surface area (Å²) in [6.07, 6.45) is 5.37. The molecular weight excluding hydrogens is 515 g/mol. The molecule has 0 N–H and O–H groups in total. The van der Waals surface area contributed by atoms with Crippen LogP contribution in [-0.4, -0.2) is 44.4 Å². The van der Waals surface area contributed by atoms with E-state index in [1.165, 1.54) is 0 Å². The van der Waals surface area contributed by atoms with Crippen molar-refractivity contribution in [3.8, 4) is 0 Å². The molecule has 0 aromatic carbocycles. The normalized spacial score (nSPS) is 39.0. The Morgan fingerprint density at radius 1 is 1.03 bits per heavy atom. The maximum atomic E-state index is 12.5. The molecule has 0 saturated heterocycles. The molecule has 0 aliphatic heterocycles. The van der Waals surface area contributed by atoms with Crippen LogP contribution in [0, 0.1) is 28.6 Å². The predicted molar refractivity (Wildman–Crippen MR) is 101 cm³/mol. The molecule has 3 fully saturated rings. The van der Waals surface area contributed by atoms with Crippen LogP contribution in [0.25, 0.3) is 0 Å². The van der Waals surface area contributed by atoms with Crippen LogP contribution < -0.4 is 103 Å². The fourth-order valence-electron chi connectivity index (χ4n) is 6.89. The Kier molecular flexibility index (Phi) is 10.6. The number of rotatable bonds is 5. The van der Waals surface area contributed by atoms with Gasteiger partial charge < -0.3 is 9.11 Å². The van der Waals surface area contributed by atoms with E-state index in [0.717, 1.165) is 12.0 Å². The summed E-state index contributed by atoms with van der Waals surface area (Å²) in [6.45, 7) is 1.72. The largest absolute Gasteiger partial charge is 1.00 e. The van der Waals surface area contributed by atoms with Gasteiger partial charge in [0.15, 0.2) is 0 Å². The molecule has 13 heteroatoms. The second-order valence-electron chi connectivity index (χ2n) is 9.46. The third-order valence-corrected chi connectivity index (χ3v) is 9.12. The summed E-state index contributed by atoms with van der Waals surface area (Å²) in [4.78, 5) is 12.5. The zero-order chi connectivity index (χ0) is 21.9. The van der Waals surface area contributed by atoms with Gasteiger partial charge in [-0.25, -0.2) is 16.8 Å². The maximum absolute atomic E-state index is 12.5. The van der Waals surface area contributed by atoms with Crippen LogP contribution >= 0.6 is 0 Å². The summed E-state index contributed by atoms with van der Waals surface area (Å²) in [5, 5.41) is 0. The summed E-state index contributed by atoms with van der Waals surface area (Å²) in [5.74, 6) is 0.662. The molecule has 0 unspecified atom stereocenters. The van der Waals surface area contributed by atoms with Crippen molar-refractivity contribution >= 4 is 26.6 Å². The number of Topliss-reactive ketones (excluding diaryl/α,β-unsaturated/α-hetero) is 1. The van der Waals surface area contributed by atoms with Gasteiger partial charge in [0.2, 0.25) is 20.8 Å². The van der Waals surface area contributed by atoms with E-state index in [-0.39, 0.29) is 151 Å². The molecule has 4 aliphatic carbocycles. The Hall–Kier alpha value is 2.42. The minimum atomic E-state index is -4.91. The molecule has 0 bridgehead atoms. The Balaban J connectivity index is 0.00000181. The van der Waals surface area contributed by atoms with Crippen molar-refractivity contribution in [2.24, 2.45) is 28.6 Å². The molecule has 4 rings (SSSR count). The number of allylic oxidation sites excluding steroid dienone is 1. The first-order chi connectivity index (χ1) is 13.8. The number of carbonyl (C=O) groups excluding carboxylic acids is 1. The molecule has 0 aromatic heterocycles. The van der Waals surface area contributed by atoms with Crippen molar-refractivity contribution in [2.45, 2.75) is 64.4 Å². The molecule has 6 atom stereocenters. The van der Waals surface area contributed by atoms with Gasteiger partial charge >= 0.3 is 103 Å². The van der Waals surface area contributed by atoms with Crippen LogP contribution in [0.4, 0.5) is 0 Å². The molecular formula is C19H26K2O9S2. The van der Waals surface area contributed by atoms with Gasteiger partial charge in [0.1, 0.15) is 5.78 Å². The second kappa shape index (κ2) is 11.0. The van der Waals surface area contributed by atoms with Gasteiger partial charge in [-0.1, -0.05) is 18.6 Å². The van der Waals surface area contributed by atoms with Crippen molar-refractivity contribution < 1.29 is 142 Å². The maximum Gasteiger partial charge on any atom is 1.00 e. The average molecular weight is 541 g/mol. The number of hydrogen-bond donors (Lipinski definition) is 0. The van der Waals surface area contributed by atoms with Crippen LogP contribution in [0.1, 0.15) is 58.3 Å². The average Bonchev–Trinajstić information content (AvgIpc) is 2.93. The fraction of sp³-hybridized carbons (Fsp3) is 0.842. The smallest absolute Gasteiger partial charge is 0.726 e. The standard InChI is InChI=1S/C19H28O9S2.2K/c1-18-8-7-16-14(15(18)4-5-17(18)20)3-2-12-10-13(28-30(24,25)26)6-9-19(12,16)11-27-29(21,22)23;;/h2,13-16H,3-11H2,1H3,(H,21,22,23)(H,24,25,26);;/q;2*+1/p-2/t13-,14-,15-,16-,18-,19+;;/m0../s1. The van der Waals surface area contributed by atoms with Crippen molar-refractivity contribution in [1.82, 2.24) is 0 Å². The quantitative estimate of drug-likeness (QED) is 0.146. The summed E-state index contributed by atoms with van der Waals surface area (Å²) >= 11 is 0. The Bertz CT molecular complexity index is 981. The van der Waals surface area contributed by atoms with Gasteiger partial charge in [-0.15, -0.1) is 0 Å². The van der Waals surface area contributed by atoms with Gasteiger partial charge in [-0.3, -0.25) is 13.2 Å². The summed E-state index contributed by atoms with van der Waals surface area (Å²) in [6, 6.07) is 0. The van der Waals surface area contributed by atoms with E-state index in [1.807, 2.05) is 13.0 Å². The number of hydrogen-bond acceptors (Lipinski definition) is 9. The van der Waals surface area contributed by atoms with E-state index in [4.69, 9.17) is 4.18 Å². The van der Waals surface area contributed by atoms with Crippen LogP contribution in [0.15, 0.2) is 11.6 Å². The monoisotopic (exact) mass is 540 g/mol. The van der Waals surface area contributed by atoms with Gasteiger partial charge in [0.25, 0.3) is 0 Å². The summed E-state index contributed by atoms with van der Waals surface area (Å²) < 4.78 is 76.3. The summed E-state index contributed by atoms with van der Waals surface area (Å²) in [7, 11) is -9.76. The van der Waals surface area contributed by atoms with Crippen molar-refractivity contribution in [3.05, 3.63) is 11.6 Å². The first-order valence-electron chi connectivity index (χ1n) is 10.3. The first-order valence-corrected chi connectivity index (χ1v) is 13.0. The Morgan fingerprint density at radius 2 is 1.72 bits per heavy atom. The third-order valence-electron chi connectivity index (χ3n) is 8.21. The molecule has 0 heterocycles. The van der Waals surface area contributed by atoms with Crippen molar-refractivity contribution in [2.75, 3.05) is 6.61 Å². The zero-order valence-corrected chi connectivity index (χ0v) is 26.6.